The van der Waals surface area contributed by atoms with Crippen LogP contribution < -0.4 is 14.8 Å². The van der Waals surface area contributed by atoms with Crippen LogP contribution in [0.5, 0.6) is 11.5 Å². The summed E-state index contributed by atoms with van der Waals surface area (Å²) in [6, 6.07) is 5.84. The highest BCUT2D eigenvalue weighted by atomic mass is 32.1. The normalized spacial score (nSPS) is 10.5. The average molecular weight is 278 g/mol. The fraction of sp³-hybridized carbons (Fsp3) is 0.357. The van der Waals surface area contributed by atoms with Crippen LogP contribution in [0.4, 0.5) is 0 Å². The summed E-state index contributed by atoms with van der Waals surface area (Å²) in [6.07, 6.45) is 0. The van der Waals surface area contributed by atoms with Crippen LogP contribution in [0.25, 0.3) is 11.3 Å². The van der Waals surface area contributed by atoms with Crippen LogP contribution in [0, 0.1) is 0 Å². The molecule has 0 saturated heterocycles. The van der Waals surface area contributed by atoms with E-state index in [0.29, 0.717) is 0 Å². The molecular weight excluding hydrogens is 260 g/mol. The van der Waals surface area contributed by atoms with E-state index in [1.54, 1.807) is 25.6 Å². The van der Waals surface area contributed by atoms with Crippen molar-refractivity contribution < 1.29 is 9.47 Å². The second-order valence-electron chi connectivity index (χ2n) is 3.98. The van der Waals surface area contributed by atoms with E-state index in [-0.39, 0.29) is 0 Å². The van der Waals surface area contributed by atoms with E-state index in [9.17, 15) is 0 Å². The van der Waals surface area contributed by atoms with Crippen LogP contribution in [0.3, 0.4) is 0 Å². The van der Waals surface area contributed by atoms with Gasteiger partial charge in [-0.25, -0.2) is 4.98 Å². The van der Waals surface area contributed by atoms with Crippen molar-refractivity contribution in [2.75, 3.05) is 20.8 Å². The Morgan fingerprint density at radius 2 is 2.00 bits per heavy atom. The highest BCUT2D eigenvalue weighted by Crippen LogP contribution is 2.32. The lowest BCUT2D eigenvalue weighted by Gasteiger charge is -2.08. The number of ether oxygens (including phenoxy) is 2. The molecule has 0 atom stereocenters. The molecule has 1 aromatic carbocycles. The number of methoxy groups -OCH3 is 2. The zero-order valence-electron chi connectivity index (χ0n) is 11.4. The van der Waals surface area contributed by atoms with Gasteiger partial charge in [-0.2, -0.15) is 0 Å². The van der Waals surface area contributed by atoms with Crippen molar-refractivity contribution in [2.45, 2.75) is 13.5 Å². The molecule has 0 radical (unpaired) electrons. The molecule has 2 rings (SSSR count). The largest absolute Gasteiger partial charge is 0.493 e. The number of hydrogen-bond donors (Lipinski definition) is 1. The predicted octanol–water partition coefficient (Wildman–Crippen LogP) is 2.94. The number of thiazole rings is 1. The highest BCUT2D eigenvalue weighted by molar-refractivity contribution is 7.09. The topological polar surface area (TPSA) is 43.4 Å². The van der Waals surface area contributed by atoms with E-state index in [1.807, 2.05) is 18.2 Å². The molecule has 0 fully saturated rings. The molecule has 5 heteroatoms. The summed E-state index contributed by atoms with van der Waals surface area (Å²) in [5.74, 6) is 1.45. The number of aromatic nitrogens is 1. The molecule has 0 saturated carbocycles. The molecular formula is C14H18N2O2S. The second kappa shape index (κ2) is 6.54. The Labute approximate surface area is 117 Å². The summed E-state index contributed by atoms with van der Waals surface area (Å²) in [5, 5.41) is 6.43. The van der Waals surface area contributed by atoms with Gasteiger partial charge in [0.2, 0.25) is 0 Å². The molecule has 0 aliphatic heterocycles. The lowest BCUT2D eigenvalue weighted by molar-refractivity contribution is 0.355. The molecule has 2 aromatic rings. The lowest BCUT2D eigenvalue weighted by atomic mass is 10.1. The van der Waals surface area contributed by atoms with Crippen molar-refractivity contribution in [3.05, 3.63) is 28.6 Å². The van der Waals surface area contributed by atoms with Crippen molar-refractivity contribution in [1.82, 2.24) is 10.3 Å². The van der Waals surface area contributed by atoms with Crippen LogP contribution in [-0.4, -0.2) is 25.7 Å². The monoisotopic (exact) mass is 278 g/mol. The molecule has 19 heavy (non-hydrogen) atoms. The maximum atomic E-state index is 5.31. The van der Waals surface area contributed by atoms with E-state index < -0.39 is 0 Å². The van der Waals surface area contributed by atoms with Gasteiger partial charge < -0.3 is 14.8 Å². The number of benzene rings is 1. The first-order valence-corrected chi connectivity index (χ1v) is 7.04. The van der Waals surface area contributed by atoms with E-state index in [1.165, 1.54) is 0 Å². The van der Waals surface area contributed by atoms with Gasteiger partial charge >= 0.3 is 0 Å². The Bertz CT molecular complexity index is 540. The Balaban J connectivity index is 2.23. The molecule has 4 nitrogen and oxygen atoms in total. The van der Waals surface area contributed by atoms with E-state index in [0.717, 1.165) is 40.9 Å². The standard InChI is InChI=1S/C14H18N2O2S/c1-4-15-8-14-16-11(9-19-14)10-5-6-12(17-2)13(7-10)18-3/h5-7,9,15H,4,8H2,1-3H3. The zero-order valence-corrected chi connectivity index (χ0v) is 12.2. The summed E-state index contributed by atoms with van der Waals surface area (Å²) >= 11 is 1.66. The number of rotatable bonds is 6. The molecule has 0 spiro atoms. The van der Waals surface area contributed by atoms with Crippen LogP contribution >= 0.6 is 11.3 Å². The quantitative estimate of drug-likeness (QED) is 0.882. The van der Waals surface area contributed by atoms with Gasteiger partial charge in [0.15, 0.2) is 11.5 Å². The average Bonchev–Trinajstić information content (AvgIpc) is 2.93. The summed E-state index contributed by atoms with van der Waals surface area (Å²) < 4.78 is 10.5. The Hall–Kier alpha value is -1.59. The van der Waals surface area contributed by atoms with Crippen LogP contribution in [-0.2, 0) is 6.54 Å². The second-order valence-corrected chi connectivity index (χ2v) is 4.92. The van der Waals surface area contributed by atoms with Crippen molar-refractivity contribution >= 4 is 11.3 Å². The van der Waals surface area contributed by atoms with Crippen LogP contribution in [0.2, 0.25) is 0 Å². The first-order valence-electron chi connectivity index (χ1n) is 6.16. The number of hydrogen-bond acceptors (Lipinski definition) is 5. The Morgan fingerprint density at radius 1 is 1.21 bits per heavy atom. The fourth-order valence-corrected chi connectivity index (χ4v) is 2.53. The number of nitrogens with one attached hydrogen (secondary N) is 1. The molecule has 0 bridgehead atoms. The van der Waals surface area contributed by atoms with Crippen LogP contribution in [0.1, 0.15) is 11.9 Å². The minimum atomic E-state index is 0.723. The Kier molecular flexibility index (Phi) is 4.76. The third-order valence-electron chi connectivity index (χ3n) is 2.76. The third kappa shape index (κ3) is 3.24. The maximum Gasteiger partial charge on any atom is 0.161 e. The smallest absolute Gasteiger partial charge is 0.161 e. The molecule has 0 amide bonds. The fourth-order valence-electron chi connectivity index (χ4n) is 1.75. The SMILES string of the molecule is CCNCc1nc(-c2ccc(OC)c(OC)c2)cs1. The summed E-state index contributed by atoms with van der Waals surface area (Å²) in [7, 11) is 3.27. The molecule has 1 aromatic heterocycles. The molecule has 1 N–H and O–H groups in total. The van der Waals surface area contributed by atoms with Gasteiger partial charge in [0.05, 0.1) is 19.9 Å². The van der Waals surface area contributed by atoms with Gasteiger partial charge in [0, 0.05) is 17.5 Å². The van der Waals surface area contributed by atoms with Crippen LogP contribution in [0.15, 0.2) is 23.6 Å². The molecule has 0 aliphatic rings. The van der Waals surface area contributed by atoms with Crippen molar-refractivity contribution in [1.29, 1.82) is 0 Å². The van der Waals surface area contributed by atoms with E-state index >= 15 is 0 Å². The van der Waals surface area contributed by atoms with Gasteiger partial charge in [0.25, 0.3) is 0 Å². The minimum absolute atomic E-state index is 0.723. The van der Waals surface area contributed by atoms with Crippen molar-refractivity contribution in [2.24, 2.45) is 0 Å². The maximum absolute atomic E-state index is 5.31. The summed E-state index contributed by atoms with van der Waals surface area (Å²) in [5.41, 5.74) is 2.01. The van der Waals surface area contributed by atoms with Gasteiger partial charge in [-0.05, 0) is 24.7 Å². The van der Waals surface area contributed by atoms with Crippen molar-refractivity contribution in [3.63, 3.8) is 0 Å². The minimum Gasteiger partial charge on any atom is -0.493 e. The van der Waals surface area contributed by atoms with Gasteiger partial charge in [-0.15, -0.1) is 11.3 Å². The van der Waals surface area contributed by atoms with Gasteiger partial charge in [0.1, 0.15) is 5.01 Å². The molecule has 102 valence electrons. The van der Waals surface area contributed by atoms with Crippen molar-refractivity contribution in [3.8, 4) is 22.8 Å². The van der Waals surface area contributed by atoms with E-state index in [2.05, 4.69) is 22.6 Å². The zero-order chi connectivity index (χ0) is 13.7. The highest BCUT2D eigenvalue weighted by Gasteiger charge is 2.09. The first-order chi connectivity index (χ1) is 9.28. The third-order valence-corrected chi connectivity index (χ3v) is 3.61. The Morgan fingerprint density at radius 3 is 2.68 bits per heavy atom. The van der Waals surface area contributed by atoms with Gasteiger partial charge in [-0.3, -0.25) is 0 Å². The van der Waals surface area contributed by atoms with E-state index in [4.69, 9.17) is 9.47 Å². The first kappa shape index (κ1) is 13.8. The summed E-state index contributed by atoms with van der Waals surface area (Å²) in [4.78, 5) is 4.61. The molecule has 0 unspecified atom stereocenters. The molecule has 1 heterocycles. The number of nitrogens with zero attached hydrogens (tertiary/aromatic N) is 1. The molecule has 0 aliphatic carbocycles. The predicted molar refractivity (Wildman–Crippen MR) is 78.0 cm³/mol. The van der Waals surface area contributed by atoms with Gasteiger partial charge in [-0.1, -0.05) is 6.92 Å². The summed E-state index contributed by atoms with van der Waals surface area (Å²) in [6.45, 7) is 3.85. The lowest BCUT2D eigenvalue weighted by Crippen LogP contribution is -2.11.